The van der Waals surface area contributed by atoms with Gasteiger partial charge >= 0.3 is 0 Å². The molecule has 0 spiro atoms. The van der Waals surface area contributed by atoms with Gasteiger partial charge in [0.25, 0.3) is 10.0 Å². The highest BCUT2D eigenvalue weighted by Crippen LogP contribution is 2.28. The molecule has 86 valence electrons. The second kappa shape index (κ2) is 4.75. The summed E-state index contributed by atoms with van der Waals surface area (Å²) in [4.78, 5) is 3.84. The van der Waals surface area contributed by atoms with Crippen molar-refractivity contribution in [2.24, 2.45) is 0 Å². The maximum Gasteiger partial charge on any atom is 0.254 e. The van der Waals surface area contributed by atoms with Gasteiger partial charge in [0, 0.05) is 13.6 Å². The van der Waals surface area contributed by atoms with Gasteiger partial charge in [-0.2, -0.15) is 4.31 Å². The molecule has 0 saturated heterocycles. The molecule has 1 aromatic rings. The van der Waals surface area contributed by atoms with E-state index in [0.717, 1.165) is 15.6 Å². The quantitative estimate of drug-likeness (QED) is 0.875. The second-order valence-corrected chi connectivity index (χ2v) is 6.71. The molecule has 0 bridgehead atoms. The van der Waals surface area contributed by atoms with Gasteiger partial charge in [-0.1, -0.05) is 22.9 Å². The summed E-state index contributed by atoms with van der Waals surface area (Å²) in [5.74, 6) is 0. The SMILES string of the molecule is Cc1nc(Cl)sc1S(=O)(=O)N(C)CCO. The maximum absolute atomic E-state index is 11.9. The number of likely N-dealkylation sites (N-methyl/N-ethyl adjacent to an activating group) is 1. The minimum atomic E-state index is -3.57. The Hall–Kier alpha value is -0.210. The number of hydrogen-bond donors (Lipinski definition) is 1. The molecule has 1 N–H and O–H groups in total. The summed E-state index contributed by atoms with van der Waals surface area (Å²) < 4.78 is 25.2. The number of rotatable bonds is 4. The van der Waals surface area contributed by atoms with Gasteiger partial charge in [0.2, 0.25) is 0 Å². The number of aromatic nitrogens is 1. The third-order valence-corrected chi connectivity index (χ3v) is 5.49. The van der Waals surface area contributed by atoms with Crippen LogP contribution >= 0.6 is 22.9 Å². The van der Waals surface area contributed by atoms with Crippen LogP contribution in [-0.2, 0) is 10.0 Å². The average Bonchev–Trinajstić information content (AvgIpc) is 2.46. The highest BCUT2D eigenvalue weighted by molar-refractivity contribution is 7.91. The van der Waals surface area contributed by atoms with Crippen LogP contribution in [0.5, 0.6) is 0 Å². The van der Waals surface area contributed by atoms with Gasteiger partial charge in [-0.25, -0.2) is 13.4 Å². The fourth-order valence-electron chi connectivity index (χ4n) is 0.993. The van der Waals surface area contributed by atoms with E-state index in [-0.39, 0.29) is 21.8 Å². The van der Waals surface area contributed by atoms with E-state index < -0.39 is 10.0 Å². The lowest BCUT2D eigenvalue weighted by Crippen LogP contribution is -2.29. The van der Waals surface area contributed by atoms with Gasteiger partial charge in [-0.3, -0.25) is 0 Å². The molecule has 0 aromatic carbocycles. The number of sulfonamides is 1. The van der Waals surface area contributed by atoms with E-state index in [1.165, 1.54) is 7.05 Å². The Labute approximate surface area is 97.4 Å². The predicted molar refractivity (Wildman–Crippen MR) is 58.8 cm³/mol. The van der Waals surface area contributed by atoms with Crippen molar-refractivity contribution in [2.45, 2.75) is 11.1 Å². The number of aliphatic hydroxyl groups excluding tert-OH is 1. The van der Waals surface area contributed by atoms with E-state index in [1.54, 1.807) is 6.92 Å². The Morgan fingerprint density at radius 2 is 2.20 bits per heavy atom. The lowest BCUT2D eigenvalue weighted by molar-refractivity contribution is 0.266. The normalized spacial score (nSPS) is 12.3. The summed E-state index contributed by atoms with van der Waals surface area (Å²) in [5, 5.41) is 8.68. The van der Waals surface area contributed by atoms with Crippen LogP contribution in [0, 0.1) is 6.92 Å². The highest BCUT2D eigenvalue weighted by atomic mass is 35.5. The standard InChI is InChI=1S/C7H11ClN2O3S2/c1-5-6(14-7(8)9-5)15(12,13)10(2)3-4-11/h11H,3-4H2,1-2H3. The first-order chi connectivity index (χ1) is 6.89. The van der Waals surface area contributed by atoms with Crippen molar-refractivity contribution >= 4 is 33.0 Å². The molecule has 0 aliphatic rings. The molecule has 5 nitrogen and oxygen atoms in total. The molecule has 1 heterocycles. The molecule has 0 aliphatic heterocycles. The lowest BCUT2D eigenvalue weighted by atomic mass is 10.6. The zero-order chi connectivity index (χ0) is 11.6. The zero-order valence-electron chi connectivity index (χ0n) is 8.27. The van der Waals surface area contributed by atoms with E-state index in [4.69, 9.17) is 16.7 Å². The van der Waals surface area contributed by atoms with Crippen LogP contribution in [0.25, 0.3) is 0 Å². The molecule has 0 aliphatic carbocycles. The van der Waals surface area contributed by atoms with Crippen LogP contribution in [0.4, 0.5) is 0 Å². The van der Waals surface area contributed by atoms with Gasteiger partial charge < -0.3 is 5.11 Å². The van der Waals surface area contributed by atoms with E-state index in [2.05, 4.69) is 4.98 Å². The monoisotopic (exact) mass is 270 g/mol. The van der Waals surface area contributed by atoms with Gasteiger partial charge in [0.15, 0.2) is 8.68 Å². The fraction of sp³-hybridized carbons (Fsp3) is 0.571. The largest absolute Gasteiger partial charge is 0.395 e. The van der Waals surface area contributed by atoms with Crippen LogP contribution in [-0.4, -0.2) is 43.0 Å². The summed E-state index contributed by atoms with van der Waals surface area (Å²) in [6.45, 7) is 1.42. The van der Waals surface area contributed by atoms with Crippen molar-refractivity contribution in [1.82, 2.24) is 9.29 Å². The van der Waals surface area contributed by atoms with Gasteiger partial charge in [-0.05, 0) is 6.92 Å². The van der Waals surface area contributed by atoms with Crippen molar-refractivity contribution in [3.05, 3.63) is 10.2 Å². The van der Waals surface area contributed by atoms with Crippen LogP contribution in [0.3, 0.4) is 0 Å². The third kappa shape index (κ3) is 2.67. The third-order valence-electron chi connectivity index (χ3n) is 1.79. The molecule has 0 saturated carbocycles. The minimum absolute atomic E-state index is 0.0529. The Balaban J connectivity index is 3.11. The van der Waals surface area contributed by atoms with Crippen molar-refractivity contribution in [3.8, 4) is 0 Å². The smallest absolute Gasteiger partial charge is 0.254 e. The van der Waals surface area contributed by atoms with Crippen molar-refractivity contribution in [2.75, 3.05) is 20.2 Å². The van der Waals surface area contributed by atoms with Crippen LogP contribution in [0.15, 0.2) is 4.21 Å². The summed E-state index contributed by atoms with van der Waals surface area (Å²) in [7, 11) is -2.16. The molecule has 8 heteroatoms. The first kappa shape index (κ1) is 12.9. The summed E-state index contributed by atoms with van der Waals surface area (Å²) in [5.41, 5.74) is 0.384. The lowest BCUT2D eigenvalue weighted by Gasteiger charge is -2.14. The van der Waals surface area contributed by atoms with Crippen molar-refractivity contribution < 1.29 is 13.5 Å². The topological polar surface area (TPSA) is 70.5 Å². The van der Waals surface area contributed by atoms with E-state index in [9.17, 15) is 8.42 Å². The second-order valence-electron chi connectivity index (χ2n) is 2.89. The molecule has 0 atom stereocenters. The Morgan fingerprint density at radius 3 is 2.60 bits per heavy atom. The summed E-state index contributed by atoms with van der Waals surface area (Å²) >= 11 is 6.55. The highest BCUT2D eigenvalue weighted by Gasteiger charge is 2.25. The molecular formula is C7H11ClN2O3S2. The number of aliphatic hydroxyl groups is 1. The number of halogens is 1. The Kier molecular flexibility index (Phi) is 4.07. The molecular weight excluding hydrogens is 260 g/mol. The summed E-state index contributed by atoms with van der Waals surface area (Å²) in [6, 6.07) is 0. The van der Waals surface area contributed by atoms with Gasteiger partial charge in [-0.15, -0.1) is 0 Å². The van der Waals surface area contributed by atoms with Crippen molar-refractivity contribution in [1.29, 1.82) is 0 Å². The first-order valence-corrected chi connectivity index (χ1v) is 6.73. The fourth-order valence-corrected chi connectivity index (χ4v) is 4.08. The van der Waals surface area contributed by atoms with Gasteiger partial charge in [0.05, 0.1) is 12.3 Å². The number of hydrogen-bond acceptors (Lipinski definition) is 5. The van der Waals surface area contributed by atoms with E-state index >= 15 is 0 Å². The molecule has 0 fully saturated rings. The average molecular weight is 271 g/mol. The van der Waals surface area contributed by atoms with E-state index in [1.807, 2.05) is 0 Å². The van der Waals surface area contributed by atoms with E-state index in [0.29, 0.717) is 5.69 Å². The molecule has 0 radical (unpaired) electrons. The Morgan fingerprint density at radius 1 is 1.60 bits per heavy atom. The predicted octanol–water partition coefficient (Wildman–Crippen LogP) is 0.718. The molecule has 0 amide bonds. The van der Waals surface area contributed by atoms with Crippen molar-refractivity contribution in [3.63, 3.8) is 0 Å². The molecule has 0 unspecified atom stereocenters. The number of nitrogens with zero attached hydrogens (tertiary/aromatic N) is 2. The number of aryl methyl sites for hydroxylation is 1. The molecule has 1 aromatic heterocycles. The first-order valence-electron chi connectivity index (χ1n) is 4.09. The minimum Gasteiger partial charge on any atom is -0.395 e. The van der Waals surface area contributed by atoms with Crippen LogP contribution in [0.1, 0.15) is 5.69 Å². The van der Waals surface area contributed by atoms with Crippen LogP contribution in [0.2, 0.25) is 4.47 Å². The molecule has 15 heavy (non-hydrogen) atoms. The summed E-state index contributed by atoms with van der Waals surface area (Å²) in [6.07, 6.45) is 0. The zero-order valence-corrected chi connectivity index (χ0v) is 10.7. The van der Waals surface area contributed by atoms with Gasteiger partial charge in [0.1, 0.15) is 0 Å². The molecule has 1 rings (SSSR count). The van der Waals surface area contributed by atoms with Crippen LogP contribution < -0.4 is 0 Å². The number of thiazole rings is 1. The Bertz CT molecular complexity index is 443. The maximum atomic E-state index is 11.9.